The number of hydrogen-bond donors (Lipinski definition) is 1. The van der Waals surface area contributed by atoms with Gasteiger partial charge in [-0.3, -0.25) is 4.79 Å². The standard InChI is InChI=1S/C16H25N5O2.2ClH/c1-20(16(22)14-7-6-13(10-17)23-14)12-4-3-9-21(11-12)15-5-2-8-18-19-15;;/h2,5,8,12-14H,3-4,6-7,9-11,17H2,1H3;2*1H/t12?,13-,14+;;/m1../s1. The van der Waals surface area contributed by atoms with E-state index in [9.17, 15) is 4.79 Å². The van der Waals surface area contributed by atoms with E-state index in [1.807, 2.05) is 24.1 Å². The summed E-state index contributed by atoms with van der Waals surface area (Å²) in [5.74, 6) is 0.949. The minimum Gasteiger partial charge on any atom is -0.364 e. The van der Waals surface area contributed by atoms with Crippen molar-refractivity contribution in [3.63, 3.8) is 0 Å². The summed E-state index contributed by atoms with van der Waals surface area (Å²) in [6, 6.07) is 4.03. The molecule has 2 fully saturated rings. The highest BCUT2D eigenvalue weighted by atomic mass is 35.5. The summed E-state index contributed by atoms with van der Waals surface area (Å²) >= 11 is 0. The van der Waals surface area contributed by atoms with E-state index in [0.717, 1.165) is 44.6 Å². The maximum Gasteiger partial charge on any atom is 0.251 e. The maximum atomic E-state index is 12.7. The number of carbonyl (C=O) groups is 1. The summed E-state index contributed by atoms with van der Waals surface area (Å²) in [6.07, 6.45) is 5.05. The third kappa shape index (κ3) is 5.17. The zero-order valence-corrected chi connectivity index (χ0v) is 16.0. The number of aromatic nitrogens is 2. The molecule has 9 heteroatoms. The molecular weight excluding hydrogens is 365 g/mol. The fourth-order valence-corrected chi connectivity index (χ4v) is 3.41. The summed E-state index contributed by atoms with van der Waals surface area (Å²) in [5.41, 5.74) is 5.63. The Bertz CT molecular complexity index is 537. The van der Waals surface area contributed by atoms with Crippen LogP contribution in [0.15, 0.2) is 18.3 Å². The number of rotatable bonds is 4. The van der Waals surface area contributed by atoms with E-state index in [1.54, 1.807) is 6.20 Å². The first-order valence-corrected chi connectivity index (χ1v) is 8.34. The zero-order chi connectivity index (χ0) is 16.2. The topological polar surface area (TPSA) is 84.6 Å². The van der Waals surface area contributed by atoms with Gasteiger partial charge in [0.05, 0.1) is 6.10 Å². The number of likely N-dealkylation sites (N-methyl/N-ethyl adjacent to an activating group) is 1. The minimum atomic E-state index is -0.333. The molecule has 0 saturated carbocycles. The van der Waals surface area contributed by atoms with Gasteiger partial charge in [-0.25, -0.2) is 0 Å². The lowest BCUT2D eigenvalue weighted by molar-refractivity contribution is -0.143. The lowest BCUT2D eigenvalue weighted by atomic mass is 10.0. The largest absolute Gasteiger partial charge is 0.364 e. The van der Waals surface area contributed by atoms with Crippen LogP contribution in [0.5, 0.6) is 0 Å². The lowest BCUT2D eigenvalue weighted by Crippen LogP contribution is -2.51. The summed E-state index contributed by atoms with van der Waals surface area (Å²) in [6.45, 7) is 2.22. The molecule has 1 amide bonds. The average molecular weight is 392 g/mol. The molecule has 25 heavy (non-hydrogen) atoms. The van der Waals surface area contributed by atoms with E-state index < -0.39 is 0 Å². The van der Waals surface area contributed by atoms with Gasteiger partial charge in [0.1, 0.15) is 6.10 Å². The Morgan fingerprint density at radius 2 is 2.20 bits per heavy atom. The molecule has 7 nitrogen and oxygen atoms in total. The number of hydrogen-bond acceptors (Lipinski definition) is 6. The molecule has 3 rings (SSSR count). The van der Waals surface area contributed by atoms with Crippen molar-refractivity contribution < 1.29 is 9.53 Å². The predicted octanol–water partition coefficient (Wildman–Crippen LogP) is 1.25. The molecule has 0 radical (unpaired) electrons. The van der Waals surface area contributed by atoms with Crippen LogP contribution in [0.3, 0.4) is 0 Å². The fraction of sp³-hybridized carbons (Fsp3) is 0.688. The van der Waals surface area contributed by atoms with Crippen LogP contribution in [0.2, 0.25) is 0 Å². The van der Waals surface area contributed by atoms with Crippen molar-refractivity contribution in [2.45, 2.75) is 43.9 Å². The van der Waals surface area contributed by atoms with Crippen molar-refractivity contribution in [2.24, 2.45) is 5.73 Å². The number of anilines is 1. The molecule has 1 aromatic rings. The van der Waals surface area contributed by atoms with Crippen molar-refractivity contribution in [1.82, 2.24) is 15.1 Å². The first-order valence-electron chi connectivity index (χ1n) is 8.34. The van der Waals surface area contributed by atoms with Crippen LogP contribution in [0.4, 0.5) is 5.82 Å². The number of carbonyl (C=O) groups excluding carboxylic acids is 1. The smallest absolute Gasteiger partial charge is 0.251 e. The second kappa shape index (κ2) is 10.1. The van der Waals surface area contributed by atoms with E-state index in [-0.39, 0.29) is 49.0 Å². The van der Waals surface area contributed by atoms with Crippen molar-refractivity contribution in [3.8, 4) is 0 Å². The Morgan fingerprint density at radius 3 is 2.84 bits per heavy atom. The van der Waals surface area contributed by atoms with Crippen molar-refractivity contribution >= 4 is 36.5 Å². The fourth-order valence-electron chi connectivity index (χ4n) is 3.41. The third-order valence-electron chi connectivity index (χ3n) is 4.82. The minimum absolute atomic E-state index is 0. The molecule has 3 heterocycles. The summed E-state index contributed by atoms with van der Waals surface area (Å²) < 4.78 is 5.74. The maximum absolute atomic E-state index is 12.7. The third-order valence-corrected chi connectivity index (χ3v) is 4.82. The molecule has 2 aliphatic rings. The highest BCUT2D eigenvalue weighted by molar-refractivity contribution is 5.85. The van der Waals surface area contributed by atoms with E-state index in [0.29, 0.717) is 6.54 Å². The SMILES string of the molecule is CN(C(=O)[C@@H]1CC[C@H](CN)O1)C1CCCN(c2cccnn2)C1.Cl.Cl. The van der Waals surface area contributed by atoms with Crippen molar-refractivity contribution in [1.29, 1.82) is 0 Å². The average Bonchev–Trinajstić information content (AvgIpc) is 3.10. The number of nitrogens with two attached hydrogens (primary N) is 1. The van der Waals surface area contributed by atoms with Gasteiger partial charge in [0, 0.05) is 38.9 Å². The Hall–Kier alpha value is -1.15. The van der Waals surface area contributed by atoms with Crippen LogP contribution in [-0.2, 0) is 9.53 Å². The van der Waals surface area contributed by atoms with Crippen LogP contribution in [-0.4, -0.2) is 65.9 Å². The Labute approximate surface area is 161 Å². The number of amides is 1. The van der Waals surface area contributed by atoms with Gasteiger partial charge in [0.25, 0.3) is 5.91 Å². The van der Waals surface area contributed by atoms with Crippen LogP contribution >= 0.6 is 24.8 Å². The van der Waals surface area contributed by atoms with E-state index >= 15 is 0 Å². The van der Waals surface area contributed by atoms with E-state index in [2.05, 4.69) is 15.1 Å². The number of nitrogens with zero attached hydrogens (tertiary/aromatic N) is 4. The van der Waals surface area contributed by atoms with Crippen molar-refractivity contribution in [3.05, 3.63) is 18.3 Å². The molecule has 2 N–H and O–H groups in total. The van der Waals surface area contributed by atoms with Crippen LogP contribution in [0, 0.1) is 0 Å². The van der Waals surface area contributed by atoms with E-state index in [4.69, 9.17) is 10.5 Å². The molecule has 142 valence electrons. The zero-order valence-electron chi connectivity index (χ0n) is 14.4. The number of ether oxygens (including phenoxy) is 1. The number of piperidine rings is 1. The second-order valence-electron chi connectivity index (χ2n) is 6.33. The highest BCUT2D eigenvalue weighted by Crippen LogP contribution is 2.24. The molecule has 0 aliphatic carbocycles. The van der Waals surface area contributed by atoms with Crippen LogP contribution in [0.25, 0.3) is 0 Å². The quantitative estimate of drug-likeness (QED) is 0.831. The van der Waals surface area contributed by atoms with Gasteiger partial charge in [-0.1, -0.05) is 0 Å². The van der Waals surface area contributed by atoms with Gasteiger partial charge < -0.3 is 20.3 Å². The Balaban J connectivity index is 0.00000156. The monoisotopic (exact) mass is 391 g/mol. The van der Waals surface area contributed by atoms with Crippen LogP contribution in [0.1, 0.15) is 25.7 Å². The Kier molecular flexibility index (Phi) is 8.85. The molecular formula is C16H27Cl2N5O2. The van der Waals surface area contributed by atoms with Crippen molar-refractivity contribution in [2.75, 3.05) is 31.6 Å². The molecule has 0 bridgehead atoms. The van der Waals surface area contributed by atoms with Gasteiger partial charge in [0.2, 0.25) is 0 Å². The summed E-state index contributed by atoms with van der Waals surface area (Å²) in [5, 5.41) is 8.11. The van der Waals surface area contributed by atoms with Gasteiger partial charge in [-0.15, -0.1) is 29.9 Å². The lowest BCUT2D eigenvalue weighted by Gasteiger charge is -2.38. The first kappa shape index (κ1) is 21.9. The molecule has 2 aliphatic heterocycles. The Morgan fingerprint density at radius 1 is 1.40 bits per heavy atom. The number of halogens is 2. The summed E-state index contributed by atoms with van der Waals surface area (Å²) in [4.78, 5) is 16.7. The predicted molar refractivity (Wildman–Crippen MR) is 101 cm³/mol. The molecule has 2 saturated heterocycles. The normalized spacial score (nSPS) is 25.7. The van der Waals surface area contributed by atoms with Gasteiger partial charge in [-0.2, -0.15) is 5.10 Å². The van der Waals surface area contributed by atoms with Gasteiger partial charge in [0.15, 0.2) is 5.82 Å². The highest BCUT2D eigenvalue weighted by Gasteiger charge is 2.35. The van der Waals surface area contributed by atoms with Gasteiger partial charge in [-0.05, 0) is 37.8 Å². The molecule has 1 unspecified atom stereocenters. The van der Waals surface area contributed by atoms with E-state index in [1.165, 1.54) is 0 Å². The van der Waals surface area contributed by atoms with Crippen LogP contribution < -0.4 is 10.6 Å². The summed E-state index contributed by atoms with van der Waals surface area (Å²) in [7, 11) is 1.88. The molecule has 1 aromatic heterocycles. The first-order chi connectivity index (χ1) is 11.2. The second-order valence-corrected chi connectivity index (χ2v) is 6.33. The van der Waals surface area contributed by atoms with Gasteiger partial charge >= 0.3 is 0 Å². The molecule has 0 spiro atoms. The molecule has 0 aromatic carbocycles. The molecule has 3 atom stereocenters.